The van der Waals surface area contributed by atoms with E-state index in [1.54, 1.807) is 6.08 Å². The molecule has 6 N–H and O–H groups in total. The molecule has 490 valence electrons. The SMILES string of the molecule is CCCCCCC/C=C\C/C=C\CCCCCCCCCCCCCCCCCCCCCCCCCCCC(=O)NC(COC1OC(CO)C(O)C(O)C1O)C(O)/C=C/CCCCCCCCCCCCCCCCCCCCCCC. The van der Waals surface area contributed by atoms with Crippen LogP contribution in [0.3, 0.4) is 0 Å². The van der Waals surface area contributed by atoms with Crippen LogP contribution in [-0.4, -0.2) is 87.5 Å². The summed E-state index contributed by atoms with van der Waals surface area (Å²) in [5.74, 6) is -0.168. The van der Waals surface area contributed by atoms with E-state index in [0.717, 1.165) is 44.9 Å². The van der Waals surface area contributed by atoms with Crippen molar-refractivity contribution in [3.8, 4) is 0 Å². The van der Waals surface area contributed by atoms with Crippen molar-refractivity contribution < 1.29 is 39.8 Å². The van der Waals surface area contributed by atoms with Crippen LogP contribution in [-0.2, 0) is 14.3 Å². The van der Waals surface area contributed by atoms with Crippen LogP contribution in [0.1, 0.15) is 373 Å². The lowest BCUT2D eigenvalue weighted by molar-refractivity contribution is -0.302. The van der Waals surface area contributed by atoms with Gasteiger partial charge in [0.25, 0.3) is 0 Å². The Morgan fingerprint density at radius 2 is 0.711 bits per heavy atom. The van der Waals surface area contributed by atoms with Crippen molar-refractivity contribution in [1.29, 1.82) is 0 Å². The predicted molar refractivity (Wildman–Crippen MR) is 355 cm³/mol. The van der Waals surface area contributed by atoms with Gasteiger partial charge < -0.3 is 40.3 Å². The third kappa shape index (κ3) is 52.1. The molecule has 0 aliphatic carbocycles. The number of amides is 1. The summed E-state index contributed by atoms with van der Waals surface area (Å²) in [5.41, 5.74) is 0. The number of hydrogen-bond donors (Lipinski definition) is 6. The van der Waals surface area contributed by atoms with Crippen molar-refractivity contribution >= 4 is 5.91 Å². The highest BCUT2D eigenvalue weighted by Crippen LogP contribution is 2.24. The Balaban J connectivity index is 2.07. The Bertz CT molecular complexity index is 1410. The number of rotatable bonds is 65. The topological polar surface area (TPSA) is 149 Å². The van der Waals surface area contributed by atoms with E-state index >= 15 is 0 Å². The molecule has 1 rings (SSSR count). The number of hydrogen-bond acceptors (Lipinski definition) is 8. The molecule has 0 aromatic carbocycles. The molecule has 1 amide bonds. The molecule has 1 aliphatic rings. The van der Waals surface area contributed by atoms with Crippen molar-refractivity contribution in [3.05, 3.63) is 36.5 Å². The molecule has 7 unspecified atom stereocenters. The summed E-state index contributed by atoms with van der Waals surface area (Å²) in [4.78, 5) is 13.1. The first-order valence-corrected chi connectivity index (χ1v) is 36.7. The van der Waals surface area contributed by atoms with Gasteiger partial charge >= 0.3 is 0 Å². The maximum atomic E-state index is 13.1. The highest BCUT2D eigenvalue weighted by molar-refractivity contribution is 5.76. The smallest absolute Gasteiger partial charge is 0.220 e. The Hall–Kier alpha value is -1.59. The highest BCUT2D eigenvalue weighted by atomic mass is 16.7. The molecule has 0 bridgehead atoms. The lowest BCUT2D eigenvalue weighted by Gasteiger charge is -2.40. The molecule has 1 aliphatic heterocycles. The van der Waals surface area contributed by atoms with E-state index in [9.17, 15) is 30.3 Å². The number of carbonyl (C=O) groups is 1. The van der Waals surface area contributed by atoms with Crippen molar-refractivity contribution in [3.63, 3.8) is 0 Å². The molecule has 0 saturated carbocycles. The average Bonchev–Trinajstić information content (AvgIpc) is 3.60. The summed E-state index contributed by atoms with van der Waals surface area (Å²) in [6, 6.07) is -0.804. The Morgan fingerprint density at radius 3 is 1.04 bits per heavy atom. The molecule has 83 heavy (non-hydrogen) atoms. The summed E-state index contributed by atoms with van der Waals surface area (Å²) in [6.07, 6.45) is 78.4. The van der Waals surface area contributed by atoms with Crippen molar-refractivity contribution in [2.45, 2.75) is 416 Å². The molecule has 0 aromatic heterocycles. The number of allylic oxidation sites excluding steroid dienone is 5. The third-order valence-electron chi connectivity index (χ3n) is 17.7. The third-order valence-corrected chi connectivity index (χ3v) is 17.7. The molecular formula is C74H141NO8. The van der Waals surface area contributed by atoms with Gasteiger partial charge in [0.1, 0.15) is 24.4 Å². The van der Waals surface area contributed by atoms with Gasteiger partial charge in [0.05, 0.1) is 25.4 Å². The van der Waals surface area contributed by atoms with Gasteiger partial charge in [-0.05, 0) is 51.4 Å². The van der Waals surface area contributed by atoms with Gasteiger partial charge in [-0.25, -0.2) is 0 Å². The average molecular weight is 1170 g/mol. The van der Waals surface area contributed by atoms with Crippen LogP contribution in [0.5, 0.6) is 0 Å². The van der Waals surface area contributed by atoms with Crippen LogP contribution < -0.4 is 5.32 Å². The van der Waals surface area contributed by atoms with Gasteiger partial charge in [0.2, 0.25) is 5.91 Å². The van der Waals surface area contributed by atoms with E-state index in [4.69, 9.17) is 9.47 Å². The minimum absolute atomic E-state index is 0.168. The number of aliphatic hydroxyl groups excluding tert-OH is 5. The van der Waals surface area contributed by atoms with Gasteiger partial charge in [0, 0.05) is 6.42 Å². The molecule has 0 spiro atoms. The summed E-state index contributed by atoms with van der Waals surface area (Å²) < 4.78 is 11.3. The van der Waals surface area contributed by atoms with Crippen molar-refractivity contribution in [2.24, 2.45) is 0 Å². The number of aliphatic hydroxyl groups is 5. The minimum atomic E-state index is -1.57. The molecule has 1 fully saturated rings. The first kappa shape index (κ1) is 79.4. The van der Waals surface area contributed by atoms with Gasteiger partial charge in [0.15, 0.2) is 6.29 Å². The first-order valence-electron chi connectivity index (χ1n) is 36.7. The Morgan fingerprint density at radius 1 is 0.410 bits per heavy atom. The van der Waals surface area contributed by atoms with Gasteiger partial charge in [-0.3, -0.25) is 4.79 Å². The number of carbonyl (C=O) groups excluding carboxylic acids is 1. The zero-order valence-electron chi connectivity index (χ0n) is 55.0. The number of ether oxygens (including phenoxy) is 2. The normalized spacial score (nSPS) is 18.4. The second-order valence-corrected chi connectivity index (χ2v) is 25.7. The molecule has 9 heteroatoms. The highest BCUT2D eigenvalue weighted by Gasteiger charge is 2.44. The quantitative estimate of drug-likeness (QED) is 0.0261. The second kappa shape index (κ2) is 63.4. The van der Waals surface area contributed by atoms with Crippen LogP contribution in [0.4, 0.5) is 0 Å². The van der Waals surface area contributed by atoms with Gasteiger partial charge in [-0.2, -0.15) is 0 Å². The lowest BCUT2D eigenvalue weighted by atomic mass is 9.99. The van der Waals surface area contributed by atoms with Crippen LogP contribution in [0.2, 0.25) is 0 Å². The molecule has 7 atom stereocenters. The summed E-state index contributed by atoms with van der Waals surface area (Å²) in [7, 11) is 0. The monoisotopic (exact) mass is 1170 g/mol. The van der Waals surface area contributed by atoms with E-state index in [-0.39, 0.29) is 12.5 Å². The van der Waals surface area contributed by atoms with Crippen molar-refractivity contribution in [1.82, 2.24) is 5.32 Å². The van der Waals surface area contributed by atoms with E-state index < -0.39 is 49.5 Å². The molecule has 9 nitrogen and oxygen atoms in total. The molecule has 1 saturated heterocycles. The molecule has 0 aromatic rings. The first-order chi connectivity index (χ1) is 40.8. The summed E-state index contributed by atoms with van der Waals surface area (Å²) in [6.45, 7) is 3.82. The Kier molecular flexibility index (Phi) is 60.7. The molecule has 1 heterocycles. The van der Waals surface area contributed by atoms with Gasteiger partial charge in [-0.15, -0.1) is 0 Å². The number of nitrogens with one attached hydrogen (secondary N) is 1. The van der Waals surface area contributed by atoms with Crippen LogP contribution in [0.25, 0.3) is 0 Å². The lowest BCUT2D eigenvalue weighted by Crippen LogP contribution is -2.60. The molecular weight excluding hydrogens is 1030 g/mol. The van der Waals surface area contributed by atoms with Gasteiger partial charge in [-0.1, -0.05) is 352 Å². The van der Waals surface area contributed by atoms with E-state index in [2.05, 4.69) is 43.5 Å². The zero-order chi connectivity index (χ0) is 60.0. The van der Waals surface area contributed by atoms with Crippen LogP contribution in [0, 0.1) is 0 Å². The standard InChI is InChI=1S/C74H141NO8/c1-3-5-7-9-11-13-15-17-19-21-23-25-27-28-29-30-31-32-33-34-35-36-37-38-39-40-42-44-46-48-50-52-54-56-58-60-62-64-70(78)75-67(66-82-74-73(81)72(80)71(79)69(65-76)83-74)68(77)63-61-59-57-55-53-51-49-47-45-43-41-26-24-22-20-18-16-14-12-10-8-6-4-2/h15,17,21,23,61,63,67-69,71-74,76-77,79-81H,3-14,16,18-20,22,24-60,62,64-66H2,1-2H3,(H,75,78)/b17-15-,23-21-,63-61+. The maximum Gasteiger partial charge on any atom is 0.220 e. The summed E-state index contributed by atoms with van der Waals surface area (Å²) in [5, 5.41) is 54.8. The zero-order valence-corrected chi connectivity index (χ0v) is 55.0. The van der Waals surface area contributed by atoms with E-state index in [0.29, 0.717) is 6.42 Å². The van der Waals surface area contributed by atoms with Crippen LogP contribution >= 0.6 is 0 Å². The predicted octanol–water partition coefficient (Wildman–Crippen LogP) is 20.2. The summed E-state index contributed by atoms with van der Waals surface area (Å²) >= 11 is 0. The van der Waals surface area contributed by atoms with Crippen molar-refractivity contribution in [2.75, 3.05) is 13.2 Å². The molecule has 0 radical (unpaired) electrons. The maximum absolute atomic E-state index is 13.1. The van der Waals surface area contributed by atoms with E-state index in [1.165, 1.54) is 308 Å². The second-order valence-electron chi connectivity index (χ2n) is 25.7. The number of unbranched alkanes of at least 4 members (excludes halogenated alkanes) is 51. The fourth-order valence-corrected chi connectivity index (χ4v) is 12.0. The largest absolute Gasteiger partial charge is 0.394 e. The minimum Gasteiger partial charge on any atom is -0.394 e. The Labute approximate surface area is 514 Å². The van der Waals surface area contributed by atoms with E-state index in [1.807, 2.05) is 6.08 Å². The van der Waals surface area contributed by atoms with Crippen LogP contribution in [0.15, 0.2) is 36.5 Å². The fourth-order valence-electron chi connectivity index (χ4n) is 12.0. The fraction of sp³-hybridized carbons (Fsp3) is 0.905.